The minimum atomic E-state index is -0.244. The van der Waals surface area contributed by atoms with E-state index in [0.717, 1.165) is 59.8 Å². The number of fused-ring (bicyclic) bond motifs is 2. The third kappa shape index (κ3) is 3.50. The summed E-state index contributed by atoms with van der Waals surface area (Å²) in [5, 5.41) is 13.4. The Morgan fingerprint density at radius 1 is 1.12 bits per heavy atom. The molecule has 4 aromatic rings. The number of aromatic nitrogens is 4. The van der Waals surface area contributed by atoms with Gasteiger partial charge in [0.25, 0.3) is 0 Å². The lowest BCUT2D eigenvalue weighted by molar-refractivity contribution is 0.154. The second-order valence-corrected chi connectivity index (χ2v) is 8.42. The number of piperidine rings is 1. The number of pyridine rings is 1. The van der Waals surface area contributed by atoms with Crippen LogP contribution in [-0.2, 0) is 6.42 Å². The van der Waals surface area contributed by atoms with E-state index in [2.05, 4.69) is 50.5 Å². The summed E-state index contributed by atoms with van der Waals surface area (Å²) >= 11 is 0. The van der Waals surface area contributed by atoms with Gasteiger partial charge in [-0.1, -0.05) is 6.08 Å². The Kier molecular flexibility index (Phi) is 4.61. The number of nitrogens with one attached hydrogen (secondary N) is 1. The third-order valence-electron chi connectivity index (χ3n) is 6.18. The lowest BCUT2D eigenvalue weighted by atomic mass is 10.1. The molecule has 4 heterocycles. The van der Waals surface area contributed by atoms with E-state index in [9.17, 15) is 5.11 Å². The molecular formula is C25H24N6O. The molecule has 7 nitrogen and oxygen atoms in total. The number of hydrogen-bond donors (Lipinski definition) is 2. The van der Waals surface area contributed by atoms with Crippen molar-refractivity contribution in [3.63, 3.8) is 0 Å². The van der Waals surface area contributed by atoms with Gasteiger partial charge in [-0.3, -0.25) is 4.98 Å². The van der Waals surface area contributed by atoms with Gasteiger partial charge in [0.05, 0.1) is 17.5 Å². The van der Waals surface area contributed by atoms with Crippen molar-refractivity contribution in [2.75, 3.05) is 23.3 Å². The molecule has 0 unspecified atom stereocenters. The van der Waals surface area contributed by atoms with Crippen LogP contribution in [0.15, 0.2) is 61.2 Å². The second-order valence-electron chi connectivity index (χ2n) is 8.42. The molecular weight excluding hydrogens is 400 g/mol. The maximum Gasteiger partial charge on any atom is 0.180 e. The number of benzene rings is 1. The summed E-state index contributed by atoms with van der Waals surface area (Å²) in [6.45, 7) is 1.67. The Labute approximate surface area is 186 Å². The molecule has 0 spiro atoms. The Morgan fingerprint density at radius 2 is 2.03 bits per heavy atom. The molecule has 1 fully saturated rings. The topological polar surface area (TPSA) is 78.6 Å². The van der Waals surface area contributed by atoms with E-state index >= 15 is 0 Å². The standard InChI is InChI=1S/C25H24N6O/c32-21-4-2-11-30(15-21)20-8-6-19(7-9-20)28-24-25-26-10-12-31(25)16-23(29-24)18-13-17-3-1-5-22(17)27-14-18/h1,5-10,12-14,16,21,32H,2-4,11,15H2,(H,28,29)/t21-/m0/s1. The van der Waals surface area contributed by atoms with E-state index in [1.54, 1.807) is 6.20 Å². The number of β-amino-alcohol motifs (C(OH)–C–C–N with tert-alkyl or cyclic N) is 1. The van der Waals surface area contributed by atoms with E-state index in [4.69, 9.17) is 4.98 Å². The van der Waals surface area contributed by atoms with Gasteiger partial charge in [-0.25, -0.2) is 9.97 Å². The fourth-order valence-corrected chi connectivity index (χ4v) is 4.51. The van der Waals surface area contributed by atoms with Gasteiger partial charge in [0, 0.05) is 54.8 Å². The lowest BCUT2D eigenvalue weighted by Gasteiger charge is -2.32. The number of nitrogens with zero attached hydrogens (tertiary/aromatic N) is 5. The van der Waals surface area contributed by atoms with Gasteiger partial charge in [0.15, 0.2) is 11.5 Å². The summed E-state index contributed by atoms with van der Waals surface area (Å²) in [4.78, 5) is 16.2. The van der Waals surface area contributed by atoms with Crippen molar-refractivity contribution < 1.29 is 5.11 Å². The average Bonchev–Trinajstić information content (AvgIpc) is 3.48. The van der Waals surface area contributed by atoms with Crippen LogP contribution in [0.5, 0.6) is 0 Å². The van der Waals surface area contributed by atoms with Crippen LogP contribution in [0.2, 0.25) is 0 Å². The smallest absolute Gasteiger partial charge is 0.180 e. The molecule has 1 aromatic carbocycles. The SMILES string of the molecule is O[C@H]1CCCN(c2ccc(Nc3nc(-c4cnc5c(c4)CC=C5)cn4ccnc34)cc2)C1. The van der Waals surface area contributed by atoms with Gasteiger partial charge in [-0.2, -0.15) is 0 Å². The Bertz CT molecular complexity index is 1310. The predicted octanol–water partition coefficient (Wildman–Crippen LogP) is 4.07. The first-order valence-corrected chi connectivity index (χ1v) is 11.0. The number of anilines is 3. The highest BCUT2D eigenvalue weighted by atomic mass is 16.3. The molecule has 1 aliphatic heterocycles. The molecule has 7 heteroatoms. The van der Waals surface area contributed by atoms with Gasteiger partial charge in [-0.15, -0.1) is 0 Å². The van der Waals surface area contributed by atoms with Gasteiger partial charge in [0.1, 0.15) is 0 Å². The minimum absolute atomic E-state index is 0.244. The summed E-state index contributed by atoms with van der Waals surface area (Å²) in [7, 11) is 0. The zero-order valence-corrected chi connectivity index (χ0v) is 17.6. The number of aliphatic hydroxyl groups excluding tert-OH is 1. The number of rotatable bonds is 4. The van der Waals surface area contributed by atoms with Crippen LogP contribution < -0.4 is 10.2 Å². The molecule has 3 aromatic heterocycles. The normalized spacial score (nSPS) is 17.7. The van der Waals surface area contributed by atoms with E-state index in [-0.39, 0.29) is 6.10 Å². The molecule has 0 bridgehead atoms. The Balaban J connectivity index is 1.30. The quantitative estimate of drug-likeness (QED) is 0.514. The Hall–Kier alpha value is -3.71. The van der Waals surface area contributed by atoms with Crippen molar-refractivity contribution in [1.29, 1.82) is 0 Å². The number of allylic oxidation sites excluding steroid dienone is 1. The van der Waals surface area contributed by atoms with Crippen LogP contribution in [0.1, 0.15) is 24.1 Å². The number of imidazole rings is 1. The van der Waals surface area contributed by atoms with Crippen molar-refractivity contribution in [2.45, 2.75) is 25.4 Å². The molecule has 2 aliphatic rings. The van der Waals surface area contributed by atoms with E-state index < -0.39 is 0 Å². The molecule has 1 aliphatic carbocycles. The average molecular weight is 425 g/mol. The highest BCUT2D eigenvalue weighted by molar-refractivity contribution is 5.75. The fraction of sp³-hybridized carbons (Fsp3) is 0.240. The van der Waals surface area contributed by atoms with Crippen molar-refractivity contribution >= 4 is 28.9 Å². The number of hydrogen-bond acceptors (Lipinski definition) is 6. The third-order valence-corrected chi connectivity index (χ3v) is 6.18. The largest absolute Gasteiger partial charge is 0.391 e. The van der Waals surface area contributed by atoms with Gasteiger partial charge < -0.3 is 19.7 Å². The molecule has 160 valence electrons. The predicted molar refractivity (Wildman–Crippen MR) is 126 cm³/mol. The molecule has 0 saturated carbocycles. The van der Waals surface area contributed by atoms with Crippen LogP contribution in [-0.4, -0.2) is 43.7 Å². The van der Waals surface area contributed by atoms with E-state index in [1.165, 1.54) is 5.56 Å². The fourth-order valence-electron chi connectivity index (χ4n) is 4.51. The minimum Gasteiger partial charge on any atom is -0.391 e. The molecule has 0 amide bonds. The summed E-state index contributed by atoms with van der Waals surface area (Å²) in [6, 6.07) is 10.4. The maximum absolute atomic E-state index is 9.96. The number of aliphatic hydroxyl groups is 1. The molecule has 1 atom stereocenters. The van der Waals surface area contributed by atoms with Crippen LogP contribution in [0, 0.1) is 0 Å². The van der Waals surface area contributed by atoms with E-state index in [1.807, 2.05) is 35.1 Å². The monoisotopic (exact) mass is 424 g/mol. The maximum atomic E-state index is 9.96. The van der Waals surface area contributed by atoms with E-state index in [0.29, 0.717) is 12.4 Å². The first-order chi connectivity index (χ1) is 15.7. The van der Waals surface area contributed by atoms with Crippen LogP contribution >= 0.6 is 0 Å². The van der Waals surface area contributed by atoms with Gasteiger partial charge in [-0.05, 0) is 61.2 Å². The van der Waals surface area contributed by atoms with Crippen molar-refractivity contribution in [2.24, 2.45) is 0 Å². The highest BCUT2D eigenvalue weighted by Gasteiger charge is 2.18. The summed E-state index contributed by atoms with van der Waals surface area (Å²) in [5.74, 6) is 0.701. The molecule has 0 radical (unpaired) electrons. The molecule has 1 saturated heterocycles. The van der Waals surface area contributed by atoms with Gasteiger partial charge >= 0.3 is 0 Å². The summed E-state index contributed by atoms with van der Waals surface area (Å²) in [6.07, 6.45) is 14.3. The van der Waals surface area contributed by atoms with Crippen molar-refractivity contribution in [3.05, 3.63) is 72.5 Å². The first kappa shape index (κ1) is 19.0. The summed E-state index contributed by atoms with van der Waals surface area (Å²) in [5.41, 5.74) is 6.94. The first-order valence-electron chi connectivity index (χ1n) is 11.0. The summed E-state index contributed by atoms with van der Waals surface area (Å²) < 4.78 is 1.99. The van der Waals surface area contributed by atoms with Gasteiger partial charge in [0.2, 0.25) is 0 Å². The molecule has 6 rings (SSSR count). The second kappa shape index (κ2) is 7.76. The lowest BCUT2D eigenvalue weighted by Crippen LogP contribution is -2.38. The van der Waals surface area contributed by atoms with Crippen LogP contribution in [0.25, 0.3) is 23.0 Å². The van der Waals surface area contributed by atoms with Crippen LogP contribution in [0.3, 0.4) is 0 Å². The highest BCUT2D eigenvalue weighted by Crippen LogP contribution is 2.28. The van der Waals surface area contributed by atoms with Crippen molar-refractivity contribution in [3.8, 4) is 11.3 Å². The Morgan fingerprint density at radius 3 is 2.91 bits per heavy atom. The molecule has 2 N–H and O–H groups in total. The zero-order chi connectivity index (χ0) is 21.5. The molecule has 32 heavy (non-hydrogen) atoms. The zero-order valence-electron chi connectivity index (χ0n) is 17.6. The van der Waals surface area contributed by atoms with Crippen LogP contribution in [0.4, 0.5) is 17.2 Å². The van der Waals surface area contributed by atoms with Crippen molar-refractivity contribution in [1.82, 2.24) is 19.4 Å².